The molecule has 0 atom stereocenters. The summed E-state index contributed by atoms with van der Waals surface area (Å²) < 4.78 is 0. The van der Waals surface area contributed by atoms with Gasteiger partial charge in [0.25, 0.3) is 0 Å². The summed E-state index contributed by atoms with van der Waals surface area (Å²) in [5.41, 5.74) is 3.95. The number of rotatable bonds is 6. The molecule has 1 rings (SSSR count). The number of aryl methyl sites for hydroxylation is 2. The van der Waals surface area contributed by atoms with Crippen LogP contribution in [-0.2, 0) is 6.54 Å². The summed E-state index contributed by atoms with van der Waals surface area (Å²) >= 11 is 1.87. The first-order valence-electron chi connectivity index (χ1n) is 6.67. The van der Waals surface area contributed by atoms with Crippen molar-refractivity contribution in [1.82, 2.24) is 10.6 Å². The fourth-order valence-electron chi connectivity index (χ4n) is 1.87. The minimum Gasteiger partial charge on any atom is -0.356 e. The standard InChI is InChI=1S/C15H25N3S/c1-12-6-7-14(13(2)10-12)11-18-15(16-3)17-8-5-9-19-4/h6-7,10H,5,8-9,11H2,1-4H3,(H2,16,17,18). The van der Waals surface area contributed by atoms with Gasteiger partial charge >= 0.3 is 0 Å². The Hall–Kier alpha value is -1.16. The Labute approximate surface area is 121 Å². The van der Waals surface area contributed by atoms with E-state index in [-0.39, 0.29) is 0 Å². The summed E-state index contributed by atoms with van der Waals surface area (Å²) in [7, 11) is 1.81. The highest BCUT2D eigenvalue weighted by Crippen LogP contribution is 2.09. The van der Waals surface area contributed by atoms with Gasteiger partial charge in [-0.1, -0.05) is 23.8 Å². The van der Waals surface area contributed by atoms with E-state index in [9.17, 15) is 0 Å². The van der Waals surface area contributed by atoms with Crippen LogP contribution in [0.3, 0.4) is 0 Å². The number of aliphatic imine (C=N–C) groups is 1. The number of thioether (sulfide) groups is 1. The third kappa shape index (κ3) is 6.01. The van der Waals surface area contributed by atoms with Crippen LogP contribution in [0.4, 0.5) is 0 Å². The van der Waals surface area contributed by atoms with Gasteiger partial charge in [-0.05, 0) is 43.4 Å². The lowest BCUT2D eigenvalue weighted by molar-refractivity contribution is 0.784. The van der Waals surface area contributed by atoms with E-state index in [0.29, 0.717) is 0 Å². The Balaban J connectivity index is 2.40. The minimum atomic E-state index is 0.814. The van der Waals surface area contributed by atoms with E-state index >= 15 is 0 Å². The van der Waals surface area contributed by atoms with Crippen LogP contribution in [0.15, 0.2) is 23.2 Å². The summed E-state index contributed by atoms with van der Waals surface area (Å²) in [6.07, 6.45) is 3.29. The number of nitrogens with zero attached hydrogens (tertiary/aromatic N) is 1. The van der Waals surface area contributed by atoms with Crippen molar-refractivity contribution in [1.29, 1.82) is 0 Å². The second-order valence-electron chi connectivity index (χ2n) is 4.63. The number of guanidine groups is 1. The van der Waals surface area contributed by atoms with Gasteiger partial charge in [-0.25, -0.2) is 0 Å². The molecule has 0 aliphatic heterocycles. The first kappa shape index (κ1) is 15.9. The molecular formula is C15H25N3S. The van der Waals surface area contributed by atoms with Crippen LogP contribution in [-0.4, -0.2) is 31.6 Å². The summed E-state index contributed by atoms with van der Waals surface area (Å²) in [6.45, 7) is 6.05. The normalized spacial score (nSPS) is 11.5. The number of benzene rings is 1. The van der Waals surface area contributed by atoms with E-state index in [1.54, 1.807) is 0 Å². The van der Waals surface area contributed by atoms with Gasteiger partial charge in [0.2, 0.25) is 0 Å². The molecule has 0 saturated heterocycles. The van der Waals surface area contributed by atoms with Crippen LogP contribution in [0.5, 0.6) is 0 Å². The quantitative estimate of drug-likeness (QED) is 0.477. The highest BCUT2D eigenvalue weighted by atomic mass is 32.2. The van der Waals surface area contributed by atoms with Gasteiger partial charge in [0.1, 0.15) is 0 Å². The Morgan fingerprint density at radius 2 is 2.05 bits per heavy atom. The Morgan fingerprint density at radius 1 is 1.26 bits per heavy atom. The van der Waals surface area contributed by atoms with Crippen molar-refractivity contribution in [2.24, 2.45) is 4.99 Å². The van der Waals surface area contributed by atoms with Gasteiger partial charge < -0.3 is 10.6 Å². The summed E-state index contributed by atoms with van der Waals surface area (Å²) in [5.74, 6) is 2.06. The molecule has 0 aliphatic carbocycles. The van der Waals surface area contributed by atoms with Crippen molar-refractivity contribution in [3.05, 3.63) is 34.9 Å². The molecule has 3 nitrogen and oxygen atoms in total. The molecule has 0 radical (unpaired) electrons. The van der Waals surface area contributed by atoms with E-state index < -0.39 is 0 Å². The first-order valence-corrected chi connectivity index (χ1v) is 8.06. The van der Waals surface area contributed by atoms with Crippen molar-refractivity contribution < 1.29 is 0 Å². The monoisotopic (exact) mass is 279 g/mol. The second kappa shape index (κ2) is 8.86. The van der Waals surface area contributed by atoms with Crippen molar-refractivity contribution in [3.63, 3.8) is 0 Å². The maximum Gasteiger partial charge on any atom is 0.191 e. The van der Waals surface area contributed by atoms with Crippen LogP contribution in [0, 0.1) is 13.8 Å². The summed E-state index contributed by atoms with van der Waals surface area (Å²) in [5, 5.41) is 6.69. The molecule has 0 spiro atoms. The van der Waals surface area contributed by atoms with Gasteiger partial charge in [-0.15, -0.1) is 0 Å². The minimum absolute atomic E-state index is 0.814. The molecule has 0 aliphatic rings. The molecule has 0 saturated carbocycles. The smallest absolute Gasteiger partial charge is 0.191 e. The van der Waals surface area contributed by atoms with Gasteiger partial charge in [0.05, 0.1) is 0 Å². The third-order valence-electron chi connectivity index (χ3n) is 2.99. The molecule has 0 aromatic heterocycles. The molecule has 0 heterocycles. The Morgan fingerprint density at radius 3 is 2.68 bits per heavy atom. The van der Waals surface area contributed by atoms with Gasteiger partial charge in [0, 0.05) is 20.1 Å². The largest absolute Gasteiger partial charge is 0.356 e. The lowest BCUT2D eigenvalue weighted by Gasteiger charge is -2.13. The van der Waals surface area contributed by atoms with E-state index in [2.05, 4.69) is 53.9 Å². The zero-order valence-electron chi connectivity index (χ0n) is 12.4. The molecule has 0 fully saturated rings. The zero-order chi connectivity index (χ0) is 14.1. The van der Waals surface area contributed by atoms with Gasteiger partial charge in [-0.2, -0.15) is 11.8 Å². The van der Waals surface area contributed by atoms with Crippen LogP contribution in [0.1, 0.15) is 23.1 Å². The average molecular weight is 279 g/mol. The van der Waals surface area contributed by atoms with E-state index in [1.807, 2.05) is 18.8 Å². The number of hydrogen-bond acceptors (Lipinski definition) is 2. The fourth-order valence-corrected chi connectivity index (χ4v) is 2.30. The number of hydrogen-bond donors (Lipinski definition) is 2. The predicted octanol–water partition coefficient (Wildman–Crippen LogP) is 2.72. The van der Waals surface area contributed by atoms with Gasteiger partial charge in [0.15, 0.2) is 5.96 Å². The highest BCUT2D eigenvalue weighted by molar-refractivity contribution is 7.98. The average Bonchev–Trinajstić information content (AvgIpc) is 2.40. The fraction of sp³-hybridized carbons (Fsp3) is 0.533. The zero-order valence-corrected chi connectivity index (χ0v) is 13.2. The maximum atomic E-state index is 4.24. The molecule has 0 amide bonds. The summed E-state index contributed by atoms with van der Waals surface area (Å²) in [4.78, 5) is 4.24. The summed E-state index contributed by atoms with van der Waals surface area (Å²) in [6, 6.07) is 6.54. The molecule has 19 heavy (non-hydrogen) atoms. The molecule has 0 bridgehead atoms. The Kier molecular flexibility index (Phi) is 7.41. The van der Waals surface area contributed by atoms with Crippen LogP contribution in [0.25, 0.3) is 0 Å². The van der Waals surface area contributed by atoms with Crippen molar-refractivity contribution in [3.8, 4) is 0 Å². The SMILES string of the molecule is CN=C(NCCCSC)NCc1ccc(C)cc1C. The second-order valence-corrected chi connectivity index (χ2v) is 5.61. The molecule has 2 N–H and O–H groups in total. The van der Waals surface area contributed by atoms with Crippen LogP contribution >= 0.6 is 11.8 Å². The van der Waals surface area contributed by atoms with Crippen LogP contribution < -0.4 is 10.6 Å². The van der Waals surface area contributed by atoms with E-state index in [4.69, 9.17) is 0 Å². The van der Waals surface area contributed by atoms with E-state index in [0.717, 1.165) is 25.5 Å². The lowest BCUT2D eigenvalue weighted by atomic mass is 10.1. The van der Waals surface area contributed by atoms with Gasteiger partial charge in [-0.3, -0.25) is 4.99 Å². The lowest BCUT2D eigenvalue weighted by Crippen LogP contribution is -2.37. The molecule has 0 unspecified atom stereocenters. The van der Waals surface area contributed by atoms with Crippen molar-refractivity contribution >= 4 is 17.7 Å². The Bertz CT molecular complexity index is 416. The predicted molar refractivity (Wildman–Crippen MR) is 87.1 cm³/mol. The molecular weight excluding hydrogens is 254 g/mol. The molecule has 1 aromatic carbocycles. The van der Waals surface area contributed by atoms with Crippen molar-refractivity contribution in [2.45, 2.75) is 26.8 Å². The van der Waals surface area contributed by atoms with Crippen LogP contribution in [0.2, 0.25) is 0 Å². The maximum absolute atomic E-state index is 4.24. The highest BCUT2D eigenvalue weighted by Gasteiger charge is 2.01. The molecule has 106 valence electrons. The molecule has 1 aromatic rings. The topological polar surface area (TPSA) is 36.4 Å². The first-order chi connectivity index (χ1) is 9.17. The molecule has 4 heteroatoms. The third-order valence-corrected chi connectivity index (χ3v) is 3.68. The van der Waals surface area contributed by atoms with Crippen molar-refractivity contribution in [2.75, 3.05) is 25.6 Å². The number of nitrogens with one attached hydrogen (secondary N) is 2. The van der Waals surface area contributed by atoms with E-state index in [1.165, 1.54) is 22.4 Å².